The fraction of sp³-hybridized carbons (Fsp3) is 0.375. The Labute approximate surface area is 159 Å². The van der Waals surface area contributed by atoms with E-state index in [0.29, 0.717) is 33.0 Å². The number of aromatic nitrogens is 8. The van der Waals surface area contributed by atoms with Crippen LogP contribution in [-0.4, -0.2) is 39.0 Å². The Kier molecular flexibility index (Phi) is 4.46. The van der Waals surface area contributed by atoms with Crippen molar-refractivity contribution in [2.24, 2.45) is 14.1 Å². The highest BCUT2D eigenvalue weighted by Crippen LogP contribution is 2.20. The molecule has 8 nitrogen and oxygen atoms in total. The van der Waals surface area contributed by atoms with E-state index in [1.807, 2.05) is 23.2 Å². The summed E-state index contributed by atoms with van der Waals surface area (Å²) in [5.41, 5.74) is 2.75. The molecule has 0 saturated carbocycles. The molecular weight excluding hydrogens is 375 g/mol. The van der Waals surface area contributed by atoms with Gasteiger partial charge in [0.2, 0.25) is 0 Å². The summed E-state index contributed by atoms with van der Waals surface area (Å²) >= 11 is 12.4. The quantitative estimate of drug-likeness (QED) is 0.384. The van der Waals surface area contributed by atoms with E-state index in [-0.39, 0.29) is 0 Å². The standard InChI is InChI=1S/C16H16Cl2N8/c1-25-7-19-11-13(17)21-9(23-15(11)25)5-3-4-6-10-22-14(18)12-16(24-10)26(2)8-20-12/h7-8H,3-6H2,1-2H3. The van der Waals surface area contributed by atoms with Gasteiger partial charge in [-0.3, -0.25) is 0 Å². The number of halogens is 2. The lowest BCUT2D eigenvalue weighted by Gasteiger charge is -2.04. The second-order valence-electron chi connectivity index (χ2n) is 6.12. The van der Waals surface area contributed by atoms with E-state index < -0.39 is 0 Å². The van der Waals surface area contributed by atoms with Crippen LogP contribution in [0.15, 0.2) is 12.7 Å². The number of imidazole rings is 2. The van der Waals surface area contributed by atoms with Crippen molar-refractivity contribution in [1.29, 1.82) is 0 Å². The van der Waals surface area contributed by atoms with Gasteiger partial charge in [0.05, 0.1) is 12.7 Å². The zero-order valence-corrected chi connectivity index (χ0v) is 15.8. The van der Waals surface area contributed by atoms with Crippen LogP contribution in [0.3, 0.4) is 0 Å². The van der Waals surface area contributed by atoms with E-state index in [9.17, 15) is 0 Å². The predicted octanol–water partition coefficient (Wildman–Crippen LogP) is 2.91. The van der Waals surface area contributed by atoms with Gasteiger partial charge in [0, 0.05) is 26.9 Å². The van der Waals surface area contributed by atoms with Crippen molar-refractivity contribution in [2.75, 3.05) is 0 Å². The highest BCUT2D eigenvalue weighted by molar-refractivity contribution is 6.33. The number of aryl methyl sites for hydroxylation is 4. The Balaban J connectivity index is 1.42. The van der Waals surface area contributed by atoms with Crippen LogP contribution < -0.4 is 0 Å². The third-order valence-electron chi connectivity index (χ3n) is 4.18. The average Bonchev–Trinajstić information content (AvgIpc) is 3.16. The van der Waals surface area contributed by atoms with E-state index >= 15 is 0 Å². The molecule has 4 aromatic rings. The van der Waals surface area contributed by atoms with Crippen LogP contribution in [0.4, 0.5) is 0 Å². The smallest absolute Gasteiger partial charge is 0.164 e. The van der Waals surface area contributed by atoms with Gasteiger partial charge in [-0.25, -0.2) is 29.9 Å². The van der Waals surface area contributed by atoms with Crippen molar-refractivity contribution in [3.63, 3.8) is 0 Å². The lowest BCUT2D eigenvalue weighted by molar-refractivity contribution is 0.688. The topological polar surface area (TPSA) is 87.2 Å². The monoisotopic (exact) mass is 390 g/mol. The number of unbranched alkanes of at least 4 members (excludes halogenated alkanes) is 1. The number of hydrogen-bond donors (Lipinski definition) is 0. The van der Waals surface area contributed by atoms with Crippen molar-refractivity contribution < 1.29 is 0 Å². The maximum absolute atomic E-state index is 6.19. The van der Waals surface area contributed by atoms with Gasteiger partial charge in [-0.15, -0.1) is 0 Å². The van der Waals surface area contributed by atoms with Gasteiger partial charge in [0.15, 0.2) is 21.6 Å². The van der Waals surface area contributed by atoms with Crippen LogP contribution in [0.1, 0.15) is 24.5 Å². The van der Waals surface area contributed by atoms with Crippen LogP contribution in [-0.2, 0) is 26.9 Å². The molecule has 0 fully saturated rings. The Bertz CT molecular complexity index is 1010. The maximum Gasteiger partial charge on any atom is 0.164 e. The van der Waals surface area contributed by atoms with Gasteiger partial charge in [-0.1, -0.05) is 23.2 Å². The summed E-state index contributed by atoms with van der Waals surface area (Å²) in [5.74, 6) is 1.43. The van der Waals surface area contributed by atoms with Crippen LogP contribution >= 0.6 is 23.2 Å². The average molecular weight is 391 g/mol. The molecule has 0 spiro atoms. The molecule has 0 aliphatic rings. The molecule has 0 bridgehead atoms. The summed E-state index contributed by atoms with van der Waals surface area (Å²) in [6.07, 6.45) is 6.61. The molecule has 10 heteroatoms. The fourth-order valence-corrected chi connectivity index (χ4v) is 3.28. The number of fused-ring (bicyclic) bond motifs is 2. The van der Waals surface area contributed by atoms with Crippen LogP contribution in [0.25, 0.3) is 22.3 Å². The number of rotatable bonds is 5. The highest BCUT2D eigenvalue weighted by Gasteiger charge is 2.12. The SMILES string of the molecule is Cn1cnc2c(Cl)nc(CCCCc3nc(Cl)c4ncn(C)c4n3)nc21. The zero-order valence-electron chi connectivity index (χ0n) is 14.3. The maximum atomic E-state index is 6.19. The van der Waals surface area contributed by atoms with Crippen molar-refractivity contribution >= 4 is 45.5 Å². The minimum atomic E-state index is 0.391. The molecule has 0 radical (unpaired) electrons. The summed E-state index contributed by atoms with van der Waals surface area (Å²) in [6.45, 7) is 0. The van der Waals surface area contributed by atoms with Crippen LogP contribution in [0.5, 0.6) is 0 Å². The first-order valence-corrected chi connectivity index (χ1v) is 8.95. The molecule has 26 heavy (non-hydrogen) atoms. The van der Waals surface area contributed by atoms with Gasteiger partial charge in [0.1, 0.15) is 22.7 Å². The molecule has 0 N–H and O–H groups in total. The van der Waals surface area contributed by atoms with Crippen LogP contribution in [0.2, 0.25) is 10.3 Å². The predicted molar refractivity (Wildman–Crippen MR) is 99.3 cm³/mol. The first-order valence-electron chi connectivity index (χ1n) is 8.20. The molecular formula is C16H16Cl2N8. The molecule has 0 aliphatic heterocycles. The van der Waals surface area contributed by atoms with E-state index in [4.69, 9.17) is 23.2 Å². The molecule has 4 aromatic heterocycles. The van der Waals surface area contributed by atoms with Crippen molar-refractivity contribution in [3.05, 3.63) is 34.6 Å². The molecule has 0 saturated heterocycles. The van der Waals surface area contributed by atoms with Gasteiger partial charge in [-0.2, -0.15) is 0 Å². The number of hydrogen-bond acceptors (Lipinski definition) is 6. The second-order valence-corrected chi connectivity index (χ2v) is 6.84. The van der Waals surface area contributed by atoms with Crippen molar-refractivity contribution in [2.45, 2.75) is 25.7 Å². The van der Waals surface area contributed by atoms with E-state index in [1.54, 1.807) is 12.7 Å². The molecule has 0 atom stereocenters. The van der Waals surface area contributed by atoms with Crippen molar-refractivity contribution in [1.82, 2.24) is 39.0 Å². The molecule has 134 valence electrons. The van der Waals surface area contributed by atoms with E-state index in [0.717, 1.165) is 37.0 Å². The second kappa shape index (κ2) is 6.77. The highest BCUT2D eigenvalue weighted by atomic mass is 35.5. The fourth-order valence-electron chi connectivity index (χ4n) is 2.82. The lowest BCUT2D eigenvalue weighted by Crippen LogP contribution is -2.01. The third kappa shape index (κ3) is 3.10. The minimum absolute atomic E-state index is 0.391. The molecule has 0 aliphatic carbocycles. The van der Waals surface area contributed by atoms with Crippen molar-refractivity contribution in [3.8, 4) is 0 Å². The summed E-state index contributed by atoms with van der Waals surface area (Å²) in [5, 5.41) is 0.782. The van der Waals surface area contributed by atoms with E-state index in [2.05, 4.69) is 29.9 Å². The summed E-state index contributed by atoms with van der Waals surface area (Å²) < 4.78 is 3.68. The third-order valence-corrected chi connectivity index (χ3v) is 4.70. The molecule has 0 unspecified atom stereocenters. The largest absolute Gasteiger partial charge is 0.318 e. The van der Waals surface area contributed by atoms with Gasteiger partial charge in [-0.05, 0) is 12.8 Å². The Morgan fingerprint density at radius 1 is 0.731 bits per heavy atom. The molecule has 0 aromatic carbocycles. The molecule has 4 heterocycles. The van der Waals surface area contributed by atoms with E-state index in [1.165, 1.54) is 0 Å². The lowest BCUT2D eigenvalue weighted by atomic mass is 10.2. The minimum Gasteiger partial charge on any atom is -0.318 e. The first kappa shape index (κ1) is 17.1. The Morgan fingerprint density at radius 3 is 1.58 bits per heavy atom. The Morgan fingerprint density at radius 2 is 1.15 bits per heavy atom. The van der Waals surface area contributed by atoms with Crippen LogP contribution in [0, 0.1) is 0 Å². The molecule has 0 amide bonds. The van der Waals surface area contributed by atoms with Gasteiger partial charge in [0.25, 0.3) is 0 Å². The molecule has 4 rings (SSSR count). The van der Waals surface area contributed by atoms with Gasteiger partial charge >= 0.3 is 0 Å². The first-order chi connectivity index (χ1) is 12.5. The Hall–Kier alpha value is -2.32. The summed E-state index contributed by atoms with van der Waals surface area (Å²) in [7, 11) is 3.77. The zero-order chi connectivity index (χ0) is 18.3. The number of nitrogens with zero attached hydrogens (tertiary/aromatic N) is 8. The normalized spacial score (nSPS) is 11.7. The van der Waals surface area contributed by atoms with Gasteiger partial charge < -0.3 is 9.13 Å². The summed E-state index contributed by atoms with van der Waals surface area (Å²) in [6, 6.07) is 0. The summed E-state index contributed by atoms with van der Waals surface area (Å²) in [4.78, 5) is 26.1.